The number of rotatable bonds is 5. The van der Waals surface area contributed by atoms with E-state index in [1.54, 1.807) is 18.2 Å². The molecule has 0 bridgehead atoms. The first-order chi connectivity index (χ1) is 7.53. The standard InChI is InChI=1S/C12H15BrO3/c1-2-5-12(16,9-15)11(8-14)6-3-10(13)4-7-11/h3-4,6,8-9,16H,2,5,7H2,1H3/t11-,12-/m0/s1. The van der Waals surface area contributed by atoms with Crippen LogP contribution in [0.25, 0.3) is 0 Å². The molecular formula is C12H15BrO3. The van der Waals surface area contributed by atoms with Crippen LogP contribution in [0.1, 0.15) is 26.2 Å². The molecule has 0 saturated carbocycles. The molecule has 0 aliphatic heterocycles. The van der Waals surface area contributed by atoms with Crippen molar-refractivity contribution in [2.24, 2.45) is 5.41 Å². The minimum atomic E-state index is -1.61. The molecule has 0 aromatic rings. The quantitative estimate of drug-likeness (QED) is 0.788. The largest absolute Gasteiger partial charge is 0.381 e. The maximum atomic E-state index is 11.3. The maximum Gasteiger partial charge on any atom is 0.152 e. The minimum absolute atomic E-state index is 0.283. The highest BCUT2D eigenvalue weighted by atomic mass is 79.9. The molecule has 0 heterocycles. The molecule has 1 aliphatic rings. The summed E-state index contributed by atoms with van der Waals surface area (Å²) in [5.41, 5.74) is -2.73. The van der Waals surface area contributed by atoms with Gasteiger partial charge < -0.3 is 14.7 Å². The van der Waals surface area contributed by atoms with Gasteiger partial charge in [0.25, 0.3) is 0 Å². The van der Waals surface area contributed by atoms with Gasteiger partial charge in [0, 0.05) is 4.48 Å². The van der Waals surface area contributed by atoms with Crippen LogP contribution in [0.4, 0.5) is 0 Å². The van der Waals surface area contributed by atoms with Crippen LogP contribution in [0.15, 0.2) is 22.7 Å². The summed E-state index contributed by atoms with van der Waals surface area (Å²) in [7, 11) is 0. The first-order valence-corrected chi connectivity index (χ1v) is 6.03. The van der Waals surface area contributed by atoms with Crippen molar-refractivity contribution in [3.05, 3.63) is 22.7 Å². The van der Waals surface area contributed by atoms with E-state index in [1.807, 2.05) is 6.92 Å². The average Bonchev–Trinajstić information content (AvgIpc) is 2.30. The predicted octanol–water partition coefficient (Wildman–Crippen LogP) is 2.14. The van der Waals surface area contributed by atoms with Gasteiger partial charge in [0.15, 0.2) is 6.29 Å². The van der Waals surface area contributed by atoms with Crippen molar-refractivity contribution in [3.8, 4) is 0 Å². The molecule has 0 fully saturated rings. The molecule has 88 valence electrons. The summed E-state index contributed by atoms with van der Waals surface area (Å²) in [6.45, 7) is 1.87. The van der Waals surface area contributed by atoms with Gasteiger partial charge in [0.05, 0.1) is 5.41 Å². The van der Waals surface area contributed by atoms with Crippen molar-refractivity contribution in [2.45, 2.75) is 31.8 Å². The summed E-state index contributed by atoms with van der Waals surface area (Å²) < 4.78 is 0.856. The number of carbonyl (C=O) groups excluding carboxylic acids is 2. The average molecular weight is 287 g/mol. The molecule has 1 N–H and O–H groups in total. The number of hydrogen-bond donors (Lipinski definition) is 1. The van der Waals surface area contributed by atoms with Gasteiger partial charge in [0.1, 0.15) is 11.9 Å². The van der Waals surface area contributed by atoms with E-state index in [-0.39, 0.29) is 6.42 Å². The van der Waals surface area contributed by atoms with Crippen LogP contribution < -0.4 is 0 Å². The van der Waals surface area contributed by atoms with Gasteiger partial charge in [-0.1, -0.05) is 47.5 Å². The van der Waals surface area contributed by atoms with E-state index in [4.69, 9.17) is 0 Å². The summed E-state index contributed by atoms with van der Waals surface area (Å²) >= 11 is 3.29. The van der Waals surface area contributed by atoms with Crippen molar-refractivity contribution >= 4 is 28.5 Å². The van der Waals surface area contributed by atoms with Gasteiger partial charge >= 0.3 is 0 Å². The van der Waals surface area contributed by atoms with Gasteiger partial charge in [-0.15, -0.1) is 0 Å². The second-order valence-electron chi connectivity index (χ2n) is 4.08. The van der Waals surface area contributed by atoms with E-state index in [1.165, 1.54) is 0 Å². The molecule has 0 unspecified atom stereocenters. The molecule has 2 atom stereocenters. The third-order valence-corrected chi connectivity index (χ3v) is 3.61. The van der Waals surface area contributed by atoms with Crippen LogP contribution in [-0.2, 0) is 9.59 Å². The molecule has 0 spiro atoms. The highest BCUT2D eigenvalue weighted by Crippen LogP contribution is 2.40. The Kier molecular flexibility index (Phi) is 4.21. The predicted molar refractivity (Wildman–Crippen MR) is 65.2 cm³/mol. The lowest BCUT2D eigenvalue weighted by atomic mass is 9.67. The van der Waals surface area contributed by atoms with Gasteiger partial charge in [-0.2, -0.15) is 0 Å². The summed E-state index contributed by atoms with van der Waals surface area (Å²) in [4.78, 5) is 22.3. The monoisotopic (exact) mass is 286 g/mol. The molecule has 0 amide bonds. The Bertz CT molecular complexity index is 348. The van der Waals surface area contributed by atoms with Crippen LogP contribution >= 0.6 is 15.9 Å². The SMILES string of the molecule is CCC[C@](O)(C=O)[C@@]1(C=O)C=CC(Br)=CC1. The number of aldehydes is 2. The molecule has 4 heteroatoms. The zero-order valence-corrected chi connectivity index (χ0v) is 10.7. The van der Waals surface area contributed by atoms with E-state index >= 15 is 0 Å². The lowest BCUT2D eigenvalue weighted by molar-refractivity contribution is -0.144. The number of aliphatic hydroxyl groups is 1. The molecule has 1 rings (SSSR count). The molecule has 0 aromatic carbocycles. The Morgan fingerprint density at radius 3 is 2.69 bits per heavy atom. The zero-order valence-electron chi connectivity index (χ0n) is 9.15. The van der Waals surface area contributed by atoms with Gasteiger partial charge in [-0.3, -0.25) is 0 Å². The first kappa shape index (κ1) is 13.3. The third kappa shape index (κ3) is 2.18. The van der Waals surface area contributed by atoms with E-state index in [0.29, 0.717) is 25.4 Å². The third-order valence-electron chi connectivity index (χ3n) is 3.02. The molecule has 0 radical (unpaired) electrons. The van der Waals surface area contributed by atoms with E-state index < -0.39 is 11.0 Å². The number of hydrogen-bond acceptors (Lipinski definition) is 3. The summed E-state index contributed by atoms with van der Waals surface area (Å²) in [6, 6.07) is 0. The van der Waals surface area contributed by atoms with Crippen molar-refractivity contribution in [1.82, 2.24) is 0 Å². The van der Waals surface area contributed by atoms with Crippen molar-refractivity contribution in [2.75, 3.05) is 0 Å². The Hall–Kier alpha value is -0.740. The van der Waals surface area contributed by atoms with Gasteiger partial charge in [0.2, 0.25) is 0 Å². The van der Waals surface area contributed by atoms with Gasteiger partial charge in [-0.05, 0) is 12.8 Å². The summed E-state index contributed by atoms with van der Waals surface area (Å²) in [6.07, 6.45) is 7.51. The fourth-order valence-corrected chi connectivity index (χ4v) is 2.22. The van der Waals surface area contributed by atoms with Crippen molar-refractivity contribution in [3.63, 3.8) is 0 Å². The Balaban J connectivity index is 3.10. The van der Waals surface area contributed by atoms with Crippen molar-refractivity contribution in [1.29, 1.82) is 0 Å². The van der Waals surface area contributed by atoms with E-state index in [2.05, 4.69) is 15.9 Å². The summed E-state index contributed by atoms with van der Waals surface area (Å²) in [5, 5.41) is 10.3. The van der Waals surface area contributed by atoms with Crippen LogP contribution in [0.2, 0.25) is 0 Å². The Labute approximate surface area is 103 Å². The molecule has 0 saturated heterocycles. The molecule has 16 heavy (non-hydrogen) atoms. The Morgan fingerprint density at radius 2 is 2.31 bits per heavy atom. The molecule has 3 nitrogen and oxygen atoms in total. The normalized spacial score (nSPS) is 28.1. The lowest BCUT2D eigenvalue weighted by Crippen LogP contribution is -2.50. The fourth-order valence-electron chi connectivity index (χ4n) is 1.92. The lowest BCUT2D eigenvalue weighted by Gasteiger charge is -2.38. The number of allylic oxidation sites excluding steroid dienone is 3. The number of carbonyl (C=O) groups is 2. The highest BCUT2D eigenvalue weighted by molar-refractivity contribution is 9.11. The Morgan fingerprint density at radius 1 is 1.62 bits per heavy atom. The topological polar surface area (TPSA) is 54.4 Å². The van der Waals surface area contributed by atoms with Gasteiger partial charge in [-0.25, -0.2) is 0 Å². The van der Waals surface area contributed by atoms with E-state index in [0.717, 1.165) is 4.48 Å². The van der Waals surface area contributed by atoms with Crippen LogP contribution in [0.5, 0.6) is 0 Å². The summed E-state index contributed by atoms with van der Waals surface area (Å²) in [5.74, 6) is 0. The molecule has 1 aliphatic carbocycles. The second-order valence-corrected chi connectivity index (χ2v) is 4.99. The zero-order chi connectivity index (χ0) is 12.2. The van der Waals surface area contributed by atoms with E-state index in [9.17, 15) is 14.7 Å². The van der Waals surface area contributed by atoms with Crippen LogP contribution in [0.3, 0.4) is 0 Å². The fraction of sp³-hybridized carbons (Fsp3) is 0.500. The number of halogens is 1. The molecular weight excluding hydrogens is 272 g/mol. The van der Waals surface area contributed by atoms with Crippen molar-refractivity contribution < 1.29 is 14.7 Å². The molecule has 0 aromatic heterocycles. The van der Waals surface area contributed by atoms with Crippen LogP contribution in [0, 0.1) is 5.41 Å². The first-order valence-electron chi connectivity index (χ1n) is 5.23. The smallest absolute Gasteiger partial charge is 0.152 e. The highest BCUT2D eigenvalue weighted by Gasteiger charge is 2.48. The second kappa shape index (κ2) is 5.06. The maximum absolute atomic E-state index is 11.3. The minimum Gasteiger partial charge on any atom is -0.381 e. The van der Waals surface area contributed by atoms with Crippen LogP contribution in [-0.4, -0.2) is 23.3 Å².